The molecule has 2 amide bonds. The molecule has 0 aromatic heterocycles. The van der Waals surface area contributed by atoms with Crippen LogP contribution < -0.4 is 20.1 Å². The van der Waals surface area contributed by atoms with Crippen LogP contribution in [0.25, 0.3) is 0 Å². The van der Waals surface area contributed by atoms with Gasteiger partial charge in [-0.05, 0) is 48.5 Å². The van der Waals surface area contributed by atoms with Crippen LogP contribution in [-0.2, 0) is 4.79 Å². The number of hydrogen-bond donors (Lipinski definition) is 2. The van der Waals surface area contributed by atoms with Gasteiger partial charge in [0, 0.05) is 16.9 Å². The van der Waals surface area contributed by atoms with Crippen molar-refractivity contribution in [2.75, 3.05) is 24.4 Å². The fourth-order valence-electron chi connectivity index (χ4n) is 2.51. The minimum Gasteiger partial charge on any atom is -0.493 e. The SMILES string of the molecule is COc1ccccc1OCC(=O)Nc1ccc(NC(=O)c2ccccc2)cc1. The number of nitrogens with one attached hydrogen (secondary N) is 2. The van der Waals surface area contributed by atoms with Gasteiger partial charge in [-0.2, -0.15) is 0 Å². The highest BCUT2D eigenvalue weighted by molar-refractivity contribution is 6.04. The minimum atomic E-state index is -0.299. The largest absolute Gasteiger partial charge is 0.493 e. The molecule has 0 saturated carbocycles. The van der Waals surface area contributed by atoms with E-state index in [1.807, 2.05) is 12.1 Å². The molecule has 142 valence electrons. The molecule has 3 rings (SSSR count). The van der Waals surface area contributed by atoms with Gasteiger partial charge in [-0.3, -0.25) is 9.59 Å². The Morgan fingerprint density at radius 1 is 0.750 bits per heavy atom. The van der Waals surface area contributed by atoms with Crippen LogP contribution in [0.1, 0.15) is 10.4 Å². The normalized spacial score (nSPS) is 10.0. The summed E-state index contributed by atoms with van der Waals surface area (Å²) in [5.41, 5.74) is 1.82. The van der Waals surface area contributed by atoms with Gasteiger partial charge >= 0.3 is 0 Å². The predicted octanol–water partition coefficient (Wildman–Crippen LogP) is 3.97. The topological polar surface area (TPSA) is 76.7 Å². The summed E-state index contributed by atoms with van der Waals surface area (Å²) in [6.45, 7) is -0.146. The number of carbonyl (C=O) groups is 2. The van der Waals surface area contributed by atoms with Crippen molar-refractivity contribution in [3.05, 3.63) is 84.4 Å². The molecule has 3 aromatic carbocycles. The number of carbonyl (C=O) groups excluding carboxylic acids is 2. The zero-order chi connectivity index (χ0) is 19.8. The Morgan fingerprint density at radius 2 is 1.32 bits per heavy atom. The lowest BCUT2D eigenvalue weighted by Gasteiger charge is -2.11. The van der Waals surface area contributed by atoms with Crippen molar-refractivity contribution in [1.82, 2.24) is 0 Å². The summed E-state index contributed by atoms with van der Waals surface area (Å²) in [6, 6.07) is 22.9. The number of amides is 2. The molecule has 0 atom stereocenters. The summed E-state index contributed by atoms with van der Waals surface area (Å²) in [7, 11) is 1.54. The maximum Gasteiger partial charge on any atom is 0.262 e. The van der Waals surface area contributed by atoms with Crippen molar-refractivity contribution >= 4 is 23.2 Å². The van der Waals surface area contributed by atoms with Gasteiger partial charge < -0.3 is 20.1 Å². The Hall–Kier alpha value is -3.80. The average Bonchev–Trinajstić information content (AvgIpc) is 2.74. The monoisotopic (exact) mass is 376 g/mol. The van der Waals surface area contributed by atoms with Crippen LogP contribution in [0.15, 0.2) is 78.9 Å². The fraction of sp³-hybridized carbons (Fsp3) is 0.0909. The van der Waals surface area contributed by atoms with Gasteiger partial charge in [-0.25, -0.2) is 0 Å². The molecule has 0 radical (unpaired) electrons. The van der Waals surface area contributed by atoms with E-state index >= 15 is 0 Å². The Labute approximate surface area is 163 Å². The first kappa shape index (κ1) is 19.0. The quantitative estimate of drug-likeness (QED) is 0.654. The van der Waals surface area contributed by atoms with E-state index in [9.17, 15) is 9.59 Å². The van der Waals surface area contributed by atoms with Crippen LogP contribution in [0, 0.1) is 0 Å². The van der Waals surface area contributed by atoms with Crippen molar-refractivity contribution in [2.24, 2.45) is 0 Å². The van der Waals surface area contributed by atoms with E-state index in [4.69, 9.17) is 9.47 Å². The molecule has 6 heteroatoms. The van der Waals surface area contributed by atoms with Gasteiger partial charge in [0.15, 0.2) is 18.1 Å². The summed E-state index contributed by atoms with van der Waals surface area (Å²) in [4.78, 5) is 24.2. The Balaban J connectivity index is 1.52. The van der Waals surface area contributed by atoms with E-state index < -0.39 is 0 Å². The van der Waals surface area contributed by atoms with Crippen LogP contribution in [0.4, 0.5) is 11.4 Å². The molecule has 0 saturated heterocycles. The second kappa shape index (κ2) is 9.23. The number of anilines is 2. The maximum atomic E-state index is 12.1. The molecular weight excluding hydrogens is 356 g/mol. The van der Waals surface area contributed by atoms with Crippen molar-refractivity contribution in [1.29, 1.82) is 0 Å². The number of benzene rings is 3. The van der Waals surface area contributed by atoms with Gasteiger partial charge in [-0.1, -0.05) is 30.3 Å². The van der Waals surface area contributed by atoms with E-state index in [0.29, 0.717) is 28.4 Å². The lowest BCUT2D eigenvalue weighted by Crippen LogP contribution is -2.20. The fourth-order valence-corrected chi connectivity index (χ4v) is 2.51. The van der Waals surface area contributed by atoms with Crippen LogP contribution in [0.2, 0.25) is 0 Å². The first-order valence-electron chi connectivity index (χ1n) is 8.68. The Morgan fingerprint density at radius 3 is 1.96 bits per heavy atom. The second-order valence-electron chi connectivity index (χ2n) is 5.89. The van der Waals surface area contributed by atoms with Crippen LogP contribution in [-0.4, -0.2) is 25.5 Å². The molecular formula is C22H20N2O4. The van der Waals surface area contributed by atoms with Crippen LogP contribution in [0.3, 0.4) is 0 Å². The van der Waals surface area contributed by atoms with E-state index in [-0.39, 0.29) is 18.4 Å². The first-order valence-corrected chi connectivity index (χ1v) is 8.68. The minimum absolute atomic E-state index is 0.146. The van der Waals surface area contributed by atoms with E-state index in [0.717, 1.165) is 0 Å². The van der Waals surface area contributed by atoms with E-state index in [1.54, 1.807) is 73.8 Å². The summed E-state index contributed by atoms with van der Waals surface area (Å²) >= 11 is 0. The molecule has 0 aliphatic rings. The highest BCUT2D eigenvalue weighted by Gasteiger charge is 2.08. The summed E-state index contributed by atoms with van der Waals surface area (Å²) in [5.74, 6) is 0.572. The van der Waals surface area contributed by atoms with Gasteiger partial charge in [-0.15, -0.1) is 0 Å². The standard InChI is InChI=1S/C22H20N2O4/c1-27-19-9-5-6-10-20(19)28-15-21(25)23-17-11-13-18(14-12-17)24-22(26)16-7-3-2-4-8-16/h2-14H,15H2,1H3,(H,23,25)(H,24,26). The van der Waals surface area contributed by atoms with Gasteiger partial charge in [0.2, 0.25) is 0 Å². The first-order chi connectivity index (χ1) is 13.7. The Bertz CT molecular complexity index is 940. The lowest BCUT2D eigenvalue weighted by atomic mass is 10.2. The predicted molar refractivity (Wildman–Crippen MR) is 108 cm³/mol. The summed E-state index contributed by atoms with van der Waals surface area (Å²) < 4.78 is 10.7. The van der Waals surface area contributed by atoms with Crippen molar-refractivity contribution in [2.45, 2.75) is 0 Å². The van der Waals surface area contributed by atoms with Crippen LogP contribution in [0.5, 0.6) is 11.5 Å². The lowest BCUT2D eigenvalue weighted by molar-refractivity contribution is -0.118. The number of para-hydroxylation sites is 2. The zero-order valence-electron chi connectivity index (χ0n) is 15.3. The third-order valence-corrected chi connectivity index (χ3v) is 3.89. The maximum absolute atomic E-state index is 12.1. The average molecular weight is 376 g/mol. The van der Waals surface area contributed by atoms with E-state index in [1.165, 1.54) is 0 Å². The van der Waals surface area contributed by atoms with Crippen LogP contribution >= 0.6 is 0 Å². The van der Waals surface area contributed by atoms with Gasteiger partial charge in [0.25, 0.3) is 11.8 Å². The zero-order valence-corrected chi connectivity index (χ0v) is 15.3. The second-order valence-corrected chi connectivity index (χ2v) is 5.89. The third kappa shape index (κ3) is 5.11. The smallest absolute Gasteiger partial charge is 0.262 e. The van der Waals surface area contributed by atoms with Crippen molar-refractivity contribution in [3.63, 3.8) is 0 Å². The number of methoxy groups -OCH3 is 1. The highest BCUT2D eigenvalue weighted by atomic mass is 16.5. The molecule has 28 heavy (non-hydrogen) atoms. The Kier molecular flexibility index (Phi) is 6.25. The van der Waals surface area contributed by atoms with Crippen molar-refractivity contribution in [3.8, 4) is 11.5 Å². The molecule has 0 fully saturated rings. The molecule has 0 bridgehead atoms. The molecule has 0 spiro atoms. The highest BCUT2D eigenvalue weighted by Crippen LogP contribution is 2.25. The third-order valence-electron chi connectivity index (χ3n) is 3.89. The van der Waals surface area contributed by atoms with Crippen molar-refractivity contribution < 1.29 is 19.1 Å². The number of hydrogen-bond acceptors (Lipinski definition) is 4. The summed E-state index contributed by atoms with van der Waals surface area (Å²) in [5, 5.41) is 5.55. The number of rotatable bonds is 7. The molecule has 0 aliphatic heterocycles. The molecule has 6 nitrogen and oxygen atoms in total. The van der Waals surface area contributed by atoms with E-state index in [2.05, 4.69) is 10.6 Å². The molecule has 2 N–H and O–H groups in total. The van der Waals surface area contributed by atoms with Gasteiger partial charge in [0.05, 0.1) is 7.11 Å². The molecule has 3 aromatic rings. The molecule has 0 aliphatic carbocycles. The number of ether oxygens (including phenoxy) is 2. The summed E-state index contributed by atoms with van der Waals surface area (Å²) in [6.07, 6.45) is 0. The molecule has 0 unspecified atom stereocenters. The molecule has 0 heterocycles. The van der Waals surface area contributed by atoms with Gasteiger partial charge in [0.1, 0.15) is 0 Å².